The summed E-state index contributed by atoms with van der Waals surface area (Å²) in [6.45, 7) is 0. The van der Waals surface area contributed by atoms with Crippen molar-refractivity contribution < 1.29 is 0 Å². The van der Waals surface area contributed by atoms with Crippen molar-refractivity contribution in [3.05, 3.63) is 36.8 Å². The Morgan fingerprint density at radius 3 is 2.60 bits per heavy atom. The van der Waals surface area contributed by atoms with E-state index in [2.05, 4.69) is 9.97 Å². The molecule has 76 valence electrons. The van der Waals surface area contributed by atoms with Gasteiger partial charge in [-0.2, -0.15) is 0 Å². The zero-order valence-electron chi connectivity index (χ0n) is 8.44. The Labute approximate surface area is 88.1 Å². The average Bonchev–Trinajstić information content (AvgIpc) is 2.82. The first-order chi connectivity index (χ1) is 7.31. The molecule has 0 bridgehead atoms. The van der Waals surface area contributed by atoms with Crippen LogP contribution in [0.3, 0.4) is 0 Å². The van der Waals surface area contributed by atoms with E-state index in [4.69, 9.17) is 5.41 Å². The fourth-order valence-electron chi connectivity index (χ4n) is 1.36. The molecule has 0 aliphatic heterocycles. The van der Waals surface area contributed by atoms with Crippen LogP contribution in [0, 0.1) is 5.41 Å². The van der Waals surface area contributed by atoms with Crippen molar-refractivity contribution in [2.75, 3.05) is 11.9 Å². The molecule has 0 unspecified atom stereocenters. The molecule has 0 saturated carbocycles. The standard InChI is InChI=1S/C11H12N4/c1-15(7-12)10-4-2-9(3-5-10)11-6-13-8-14-11/h2-8,12H,1H3,(H,13,14). The highest BCUT2D eigenvalue weighted by atomic mass is 15.1. The summed E-state index contributed by atoms with van der Waals surface area (Å²) in [5.74, 6) is 0. The molecule has 4 heteroatoms. The topological polar surface area (TPSA) is 55.8 Å². The number of aromatic nitrogens is 2. The lowest BCUT2D eigenvalue weighted by molar-refractivity contribution is 1.27. The van der Waals surface area contributed by atoms with Crippen molar-refractivity contribution in [1.82, 2.24) is 9.97 Å². The third-order valence-electron chi connectivity index (χ3n) is 2.28. The summed E-state index contributed by atoms with van der Waals surface area (Å²) in [7, 11) is 1.85. The van der Waals surface area contributed by atoms with Gasteiger partial charge in [0.05, 0.1) is 24.6 Å². The number of nitrogens with zero attached hydrogens (tertiary/aromatic N) is 2. The van der Waals surface area contributed by atoms with E-state index in [0.717, 1.165) is 16.9 Å². The summed E-state index contributed by atoms with van der Waals surface area (Å²) < 4.78 is 0. The summed E-state index contributed by atoms with van der Waals surface area (Å²) in [5.41, 5.74) is 3.09. The minimum Gasteiger partial charge on any atom is -0.345 e. The van der Waals surface area contributed by atoms with Crippen LogP contribution in [0.15, 0.2) is 36.8 Å². The molecule has 0 saturated heterocycles. The summed E-state index contributed by atoms with van der Waals surface area (Å²) in [5, 5.41) is 7.12. The Kier molecular flexibility index (Phi) is 2.49. The predicted octanol–water partition coefficient (Wildman–Crippen LogP) is 2.12. The Hall–Kier alpha value is -2.10. The highest BCUT2D eigenvalue weighted by Crippen LogP contribution is 2.19. The first kappa shape index (κ1) is 9.45. The summed E-state index contributed by atoms with van der Waals surface area (Å²) in [6.07, 6.45) is 4.73. The van der Waals surface area contributed by atoms with E-state index in [1.165, 1.54) is 6.34 Å². The number of hydrogen-bond donors (Lipinski definition) is 2. The van der Waals surface area contributed by atoms with Crippen molar-refractivity contribution in [3.63, 3.8) is 0 Å². The van der Waals surface area contributed by atoms with Crippen molar-refractivity contribution >= 4 is 12.0 Å². The summed E-state index contributed by atoms with van der Waals surface area (Å²) in [4.78, 5) is 8.76. The zero-order valence-corrected chi connectivity index (χ0v) is 8.44. The van der Waals surface area contributed by atoms with Gasteiger partial charge >= 0.3 is 0 Å². The van der Waals surface area contributed by atoms with E-state index >= 15 is 0 Å². The fourth-order valence-corrected chi connectivity index (χ4v) is 1.36. The Balaban J connectivity index is 2.28. The molecule has 2 N–H and O–H groups in total. The van der Waals surface area contributed by atoms with Crippen LogP contribution in [0.1, 0.15) is 0 Å². The molecule has 0 aliphatic carbocycles. The minimum absolute atomic E-state index is 0.994. The van der Waals surface area contributed by atoms with Gasteiger partial charge in [0.25, 0.3) is 0 Å². The van der Waals surface area contributed by atoms with Gasteiger partial charge in [-0.25, -0.2) is 4.98 Å². The molecule has 2 aromatic rings. The number of H-pyrrole nitrogens is 1. The third-order valence-corrected chi connectivity index (χ3v) is 2.28. The minimum atomic E-state index is 0.994. The third kappa shape index (κ3) is 1.88. The molecular weight excluding hydrogens is 188 g/mol. The SMILES string of the molecule is CN(C=N)c1ccc(-c2cnc[nH]2)cc1. The molecular formula is C11H12N4. The van der Waals surface area contributed by atoms with E-state index in [1.807, 2.05) is 31.3 Å². The molecule has 1 heterocycles. The van der Waals surface area contributed by atoms with Gasteiger partial charge in [-0.05, 0) is 17.7 Å². The van der Waals surface area contributed by atoms with E-state index in [-0.39, 0.29) is 0 Å². The normalized spacial score (nSPS) is 9.93. The Bertz CT molecular complexity index is 430. The van der Waals surface area contributed by atoms with Crippen LogP contribution in [0.4, 0.5) is 5.69 Å². The lowest BCUT2D eigenvalue weighted by atomic mass is 10.1. The van der Waals surface area contributed by atoms with Gasteiger partial charge in [0.1, 0.15) is 0 Å². The van der Waals surface area contributed by atoms with Gasteiger partial charge in [-0.3, -0.25) is 5.41 Å². The molecule has 1 aromatic carbocycles. The quantitative estimate of drug-likeness (QED) is 0.589. The van der Waals surface area contributed by atoms with Crippen LogP contribution in [0.5, 0.6) is 0 Å². The number of benzene rings is 1. The van der Waals surface area contributed by atoms with Crippen LogP contribution in [0.25, 0.3) is 11.3 Å². The highest BCUT2D eigenvalue weighted by molar-refractivity contribution is 5.77. The van der Waals surface area contributed by atoms with E-state index in [9.17, 15) is 0 Å². The van der Waals surface area contributed by atoms with Gasteiger partial charge in [0, 0.05) is 12.7 Å². The number of nitrogens with one attached hydrogen (secondary N) is 2. The fraction of sp³-hybridized carbons (Fsp3) is 0.0909. The number of anilines is 1. The Morgan fingerprint density at radius 1 is 1.33 bits per heavy atom. The van der Waals surface area contributed by atoms with E-state index in [0.29, 0.717) is 0 Å². The monoisotopic (exact) mass is 200 g/mol. The first-order valence-corrected chi connectivity index (χ1v) is 4.63. The van der Waals surface area contributed by atoms with Gasteiger partial charge < -0.3 is 9.88 Å². The van der Waals surface area contributed by atoms with Crippen LogP contribution in [0.2, 0.25) is 0 Å². The molecule has 0 fully saturated rings. The molecule has 15 heavy (non-hydrogen) atoms. The summed E-state index contributed by atoms with van der Waals surface area (Å²) in [6, 6.07) is 7.95. The molecule has 4 nitrogen and oxygen atoms in total. The van der Waals surface area contributed by atoms with E-state index < -0.39 is 0 Å². The maximum Gasteiger partial charge on any atom is 0.0924 e. The average molecular weight is 200 g/mol. The van der Waals surface area contributed by atoms with Gasteiger partial charge in [0.2, 0.25) is 0 Å². The molecule has 0 amide bonds. The molecule has 1 aromatic heterocycles. The lowest BCUT2D eigenvalue weighted by Crippen LogP contribution is -2.12. The second kappa shape index (κ2) is 3.96. The highest BCUT2D eigenvalue weighted by Gasteiger charge is 2.00. The second-order valence-corrected chi connectivity index (χ2v) is 3.25. The maximum absolute atomic E-state index is 7.12. The lowest BCUT2D eigenvalue weighted by Gasteiger charge is -2.12. The van der Waals surface area contributed by atoms with Crippen molar-refractivity contribution in [3.8, 4) is 11.3 Å². The number of rotatable bonds is 3. The van der Waals surface area contributed by atoms with Gasteiger partial charge in [-0.15, -0.1) is 0 Å². The molecule has 0 spiro atoms. The van der Waals surface area contributed by atoms with E-state index in [1.54, 1.807) is 17.4 Å². The van der Waals surface area contributed by atoms with Crippen LogP contribution >= 0.6 is 0 Å². The maximum atomic E-state index is 7.12. The second-order valence-electron chi connectivity index (χ2n) is 3.25. The van der Waals surface area contributed by atoms with Crippen molar-refractivity contribution in [2.45, 2.75) is 0 Å². The summed E-state index contributed by atoms with van der Waals surface area (Å²) >= 11 is 0. The van der Waals surface area contributed by atoms with Crippen LogP contribution < -0.4 is 4.90 Å². The number of hydrogen-bond acceptors (Lipinski definition) is 2. The number of aromatic amines is 1. The molecule has 2 rings (SSSR count). The predicted molar refractivity (Wildman–Crippen MR) is 61.2 cm³/mol. The smallest absolute Gasteiger partial charge is 0.0924 e. The Morgan fingerprint density at radius 2 is 2.07 bits per heavy atom. The number of imidazole rings is 1. The first-order valence-electron chi connectivity index (χ1n) is 4.63. The van der Waals surface area contributed by atoms with Crippen LogP contribution in [-0.2, 0) is 0 Å². The molecule has 0 radical (unpaired) electrons. The van der Waals surface area contributed by atoms with Crippen molar-refractivity contribution in [1.29, 1.82) is 5.41 Å². The zero-order chi connectivity index (χ0) is 10.7. The molecule has 0 atom stereocenters. The molecule has 0 aliphatic rings. The largest absolute Gasteiger partial charge is 0.345 e. The van der Waals surface area contributed by atoms with Crippen molar-refractivity contribution in [2.24, 2.45) is 0 Å². The van der Waals surface area contributed by atoms with Crippen LogP contribution in [-0.4, -0.2) is 23.4 Å². The van der Waals surface area contributed by atoms with Gasteiger partial charge in [0.15, 0.2) is 0 Å². The van der Waals surface area contributed by atoms with Gasteiger partial charge in [-0.1, -0.05) is 12.1 Å².